The van der Waals surface area contributed by atoms with E-state index in [1.54, 1.807) is 17.8 Å². The van der Waals surface area contributed by atoms with E-state index in [-0.39, 0.29) is 12.5 Å². The molecule has 5 nitrogen and oxygen atoms in total. The number of rotatable bonds is 5. The molecule has 5 heteroatoms. The van der Waals surface area contributed by atoms with Crippen LogP contribution in [0.3, 0.4) is 0 Å². The van der Waals surface area contributed by atoms with Crippen LogP contribution in [0.15, 0.2) is 6.20 Å². The topological polar surface area (TPSA) is 56.1 Å². The fourth-order valence-corrected chi connectivity index (χ4v) is 1.23. The third-order valence-electron chi connectivity index (χ3n) is 2.23. The Morgan fingerprint density at radius 3 is 2.93 bits per heavy atom. The van der Waals surface area contributed by atoms with E-state index in [0.717, 1.165) is 11.3 Å². The number of ether oxygens (including phenoxy) is 1. The monoisotopic (exact) mass is 211 g/mol. The van der Waals surface area contributed by atoms with Crippen LogP contribution >= 0.6 is 0 Å². The molecule has 0 saturated heterocycles. The highest BCUT2D eigenvalue weighted by atomic mass is 16.5. The van der Waals surface area contributed by atoms with E-state index in [2.05, 4.69) is 10.4 Å². The van der Waals surface area contributed by atoms with Gasteiger partial charge in [0.25, 0.3) is 0 Å². The molecule has 15 heavy (non-hydrogen) atoms. The molecule has 1 aromatic rings. The second-order valence-electron chi connectivity index (χ2n) is 3.29. The van der Waals surface area contributed by atoms with E-state index >= 15 is 0 Å². The van der Waals surface area contributed by atoms with Crippen molar-refractivity contribution < 1.29 is 9.53 Å². The number of aromatic nitrogens is 2. The zero-order chi connectivity index (χ0) is 11.3. The van der Waals surface area contributed by atoms with Gasteiger partial charge in [0.15, 0.2) is 0 Å². The smallest absolute Gasteiger partial charge is 0.319 e. The number of hydrogen-bond acceptors (Lipinski definition) is 4. The Hall–Kier alpha value is -1.36. The van der Waals surface area contributed by atoms with E-state index in [0.29, 0.717) is 13.2 Å². The highest BCUT2D eigenvalue weighted by molar-refractivity contribution is 5.71. The van der Waals surface area contributed by atoms with Gasteiger partial charge in [-0.25, -0.2) is 0 Å². The van der Waals surface area contributed by atoms with Crippen molar-refractivity contribution in [2.45, 2.75) is 20.4 Å². The highest BCUT2D eigenvalue weighted by Crippen LogP contribution is 2.04. The normalized spacial score (nSPS) is 10.3. The minimum atomic E-state index is -0.223. The van der Waals surface area contributed by atoms with Gasteiger partial charge in [-0.1, -0.05) is 0 Å². The van der Waals surface area contributed by atoms with Crippen molar-refractivity contribution in [3.8, 4) is 0 Å². The van der Waals surface area contributed by atoms with Crippen LogP contribution in [0.4, 0.5) is 0 Å². The van der Waals surface area contributed by atoms with E-state index in [1.165, 1.54) is 0 Å². The van der Waals surface area contributed by atoms with Crippen molar-refractivity contribution in [3.05, 3.63) is 17.5 Å². The van der Waals surface area contributed by atoms with Gasteiger partial charge in [-0.2, -0.15) is 5.10 Å². The summed E-state index contributed by atoms with van der Waals surface area (Å²) in [6, 6.07) is 0. The maximum Gasteiger partial charge on any atom is 0.319 e. The average molecular weight is 211 g/mol. The Labute approximate surface area is 89.4 Å². The first-order chi connectivity index (χ1) is 7.15. The molecule has 0 aliphatic heterocycles. The zero-order valence-corrected chi connectivity index (χ0v) is 9.41. The van der Waals surface area contributed by atoms with Gasteiger partial charge in [0.1, 0.15) is 0 Å². The van der Waals surface area contributed by atoms with E-state index in [4.69, 9.17) is 4.74 Å². The number of carbonyl (C=O) groups is 1. The van der Waals surface area contributed by atoms with Crippen LogP contribution in [0.5, 0.6) is 0 Å². The predicted molar refractivity (Wildman–Crippen MR) is 56.3 cm³/mol. The first-order valence-corrected chi connectivity index (χ1v) is 4.99. The lowest BCUT2D eigenvalue weighted by atomic mass is 10.2. The number of nitrogens with one attached hydrogen (secondary N) is 1. The fraction of sp³-hybridized carbons (Fsp3) is 0.600. The van der Waals surface area contributed by atoms with Gasteiger partial charge >= 0.3 is 5.97 Å². The molecule has 0 amide bonds. The van der Waals surface area contributed by atoms with Crippen LogP contribution in [0, 0.1) is 6.92 Å². The molecular formula is C10H17N3O2. The maximum atomic E-state index is 11.0. The van der Waals surface area contributed by atoms with Crippen molar-refractivity contribution in [3.63, 3.8) is 0 Å². The molecular weight excluding hydrogens is 194 g/mol. The third-order valence-corrected chi connectivity index (χ3v) is 2.23. The number of esters is 1. The predicted octanol–water partition coefficient (Wildman–Crippen LogP) is 0.381. The van der Waals surface area contributed by atoms with Crippen LogP contribution in [0.2, 0.25) is 0 Å². The minimum Gasteiger partial charge on any atom is -0.465 e. The van der Waals surface area contributed by atoms with Crippen LogP contribution in [-0.2, 0) is 23.1 Å². The first-order valence-electron chi connectivity index (χ1n) is 4.99. The van der Waals surface area contributed by atoms with Crippen LogP contribution in [-0.4, -0.2) is 28.9 Å². The second kappa shape index (κ2) is 5.50. The standard InChI is InChI=1S/C10H17N3O2/c1-4-15-10(14)7-11-5-9-6-12-13(3)8(9)2/h6,11H,4-5,7H2,1-3H3. The maximum absolute atomic E-state index is 11.0. The van der Waals surface area contributed by atoms with Gasteiger partial charge in [-0.3, -0.25) is 9.48 Å². The van der Waals surface area contributed by atoms with Crippen molar-refractivity contribution in [2.75, 3.05) is 13.2 Å². The van der Waals surface area contributed by atoms with Crippen molar-refractivity contribution in [1.29, 1.82) is 0 Å². The summed E-state index contributed by atoms with van der Waals surface area (Å²) in [6.45, 7) is 5.09. The summed E-state index contributed by atoms with van der Waals surface area (Å²) in [5.74, 6) is -0.223. The van der Waals surface area contributed by atoms with Crippen molar-refractivity contribution in [2.24, 2.45) is 7.05 Å². The number of carbonyl (C=O) groups excluding carboxylic acids is 1. The van der Waals surface area contributed by atoms with Crippen molar-refractivity contribution >= 4 is 5.97 Å². The number of hydrogen-bond donors (Lipinski definition) is 1. The van der Waals surface area contributed by atoms with Gasteiger partial charge in [0, 0.05) is 24.8 Å². The Bertz CT molecular complexity index is 333. The molecule has 0 atom stereocenters. The molecule has 0 spiro atoms. The van der Waals surface area contributed by atoms with Crippen molar-refractivity contribution in [1.82, 2.24) is 15.1 Å². The van der Waals surface area contributed by atoms with Crippen LogP contribution in [0.25, 0.3) is 0 Å². The number of nitrogens with zero attached hydrogens (tertiary/aromatic N) is 2. The molecule has 1 aromatic heterocycles. The summed E-state index contributed by atoms with van der Waals surface area (Å²) >= 11 is 0. The highest BCUT2D eigenvalue weighted by Gasteiger charge is 2.04. The molecule has 0 aliphatic carbocycles. The van der Waals surface area contributed by atoms with Gasteiger partial charge in [0.2, 0.25) is 0 Å². The summed E-state index contributed by atoms with van der Waals surface area (Å²) in [6.07, 6.45) is 1.80. The lowest BCUT2D eigenvalue weighted by Crippen LogP contribution is -2.24. The van der Waals surface area contributed by atoms with Gasteiger partial charge in [-0.15, -0.1) is 0 Å². The molecule has 1 N–H and O–H groups in total. The Kier molecular flexibility index (Phi) is 4.30. The quantitative estimate of drug-likeness (QED) is 0.715. The molecule has 84 valence electrons. The number of aryl methyl sites for hydroxylation is 1. The third kappa shape index (κ3) is 3.36. The lowest BCUT2D eigenvalue weighted by molar-refractivity contribution is -0.142. The van der Waals surface area contributed by atoms with E-state index in [1.807, 2.05) is 14.0 Å². The largest absolute Gasteiger partial charge is 0.465 e. The van der Waals surface area contributed by atoms with Gasteiger partial charge < -0.3 is 10.1 Å². The minimum absolute atomic E-state index is 0.223. The molecule has 0 fully saturated rings. The van der Waals surface area contributed by atoms with Crippen LogP contribution in [0.1, 0.15) is 18.2 Å². The second-order valence-corrected chi connectivity index (χ2v) is 3.29. The average Bonchev–Trinajstić information content (AvgIpc) is 2.50. The molecule has 0 aromatic carbocycles. The molecule has 0 radical (unpaired) electrons. The van der Waals surface area contributed by atoms with E-state index < -0.39 is 0 Å². The lowest BCUT2D eigenvalue weighted by Gasteiger charge is -2.04. The summed E-state index contributed by atoms with van der Waals surface area (Å²) in [4.78, 5) is 11.0. The van der Waals surface area contributed by atoms with Gasteiger partial charge in [0.05, 0.1) is 19.3 Å². The van der Waals surface area contributed by atoms with Gasteiger partial charge in [-0.05, 0) is 13.8 Å². The Morgan fingerprint density at radius 1 is 1.67 bits per heavy atom. The summed E-state index contributed by atoms with van der Waals surface area (Å²) in [5.41, 5.74) is 2.20. The summed E-state index contributed by atoms with van der Waals surface area (Å²) < 4.78 is 6.60. The SMILES string of the molecule is CCOC(=O)CNCc1cnn(C)c1C. The molecule has 0 aliphatic rings. The molecule has 0 saturated carbocycles. The zero-order valence-electron chi connectivity index (χ0n) is 9.41. The fourth-order valence-electron chi connectivity index (χ4n) is 1.23. The molecule has 0 unspecified atom stereocenters. The molecule has 1 heterocycles. The Morgan fingerprint density at radius 2 is 2.40 bits per heavy atom. The Balaban J connectivity index is 2.32. The summed E-state index contributed by atoms with van der Waals surface area (Å²) in [7, 11) is 1.89. The van der Waals surface area contributed by atoms with E-state index in [9.17, 15) is 4.79 Å². The molecule has 0 bridgehead atoms. The first kappa shape index (κ1) is 11.7. The van der Waals surface area contributed by atoms with Crippen LogP contribution < -0.4 is 5.32 Å². The summed E-state index contributed by atoms with van der Waals surface area (Å²) in [5, 5.41) is 7.12. The molecule has 1 rings (SSSR count).